The number of amides is 1. The molecule has 6 nitrogen and oxygen atoms in total. The number of nitrogens with one attached hydrogen (secondary N) is 1. The molecule has 0 spiro atoms. The first-order valence-corrected chi connectivity index (χ1v) is 14.1. The number of hydrogen-bond acceptors (Lipinski definition) is 4. The normalized spacial score (nSPS) is 14.4. The van der Waals surface area contributed by atoms with Crippen molar-refractivity contribution in [2.24, 2.45) is 0 Å². The van der Waals surface area contributed by atoms with Crippen molar-refractivity contribution < 1.29 is 13.2 Å². The Hall–Kier alpha value is -2.58. The summed E-state index contributed by atoms with van der Waals surface area (Å²) in [5.41, 5.74) is 2.40. The molecule has 3 aromatic rings. The average Bonchev–Trinajstić information content (AvgIpc) is 2.87. The maximum Gasteiger partial charge on any atom is 0.264 e. The summed E-state index contributed by atoms with van der Waals surface area (Å²) in [5, 5.41) is 3.38. The second-order valence-electron chi connectivity index (χ2n) is 8.88. The topological polar surface area (TPSA) is 69.7 Å². The number of nitrogens with zero attached hydrogens (tertiary/aromatic N) is 2. The fourth-order valence-corrected chi connectivity index (χ4v) is 6.18. The van der Waals surface area contributed by atoms with Crippen LogP contribution in [-0.2, 0) is 27.9 Å². The summed E-state index contributed by atoms with van der Waals surface area (Å²) >= 11 is 12.3. The lowest BCUT2D eigenvalue weighted by atomic mass is 10.1. The number of hydrogen-bond donors (Lipinski definition) is 1. The molecule has 190 valence electrons. The summed E-state index contributed by atoms with van der Waals surface area (Å²) in [6, 6.07) is 20.6. The van der Waals surface area contributed by atoms with E-state index in [-0.39, 0.29) is 20.6 Å². The number of halogens is 2. The number of benzene rings is 3. The van der Waals surface area contributed by atoms with E-state index in [0.29, 0.717) is 6.54 Å². The highest BCUT2D eigenvalue weighted by Crippen LogP contribution is 2.29. The Morgan fingerprint density at radius 3 is 2.11 bits per heavy atom. The van der Waals surface area contributed by atoms with Gasteiger partial charge in [0.25, 0.3) is 10.0 Å². The summed E-state index contributed by atoms with van der Waals surface area (Å²) in [6.45, 7) is 3.08. The molecule has 1 aliphatic rings. The molecule has 0 unspecified atom stereocenters. The predicted molar refractivity (Wildman–Crippen MR) is 145 cm³/mol. The second-order valence-corrected chi connectivity index (χ2v) is 11.6. The standard InChI is InChI=1S/C27H29Cl2N3O3S/c28-23-15-24(29)17-25(16-23)32(36(34,35)26-7-3-1-4-8-26)20-27(33)30-18-21-9-11-22(12-10-21)19-31-13-5-2-6-14-31/h1,3-4,7-12,15-17H,2,5-6,13-14,18-20H2,(H,30,33). The lowest BCUT2D eigenvalue weighted by molar-refractivity contribution is -0.119. The Kier molecular flexibility index (Phi) is 8.90. The summed E-state index contributed by atoms with van der Waals surface area (Å²) in [5.74, 6) is -0.442. The molecule has 0 aliphatic carbocycles. The smallest absolute Gasteiger partial charge is 0.264 e. The average molecular weight is 547 g/mol. The molecule has 0 bridgehead atoms. The molecule has 1 saturated heterocycles. The van der Waals surface area contributed by atoms with Gasteiger partial charge in [-0.15, -0.1) is 0 Å². The highest BCUT2D eigenvalue weighted by Gasteiger charge is 2.27. The largest absolute Gasteiger partial charge is 0.350 e. The van der Waals surface area contributed by atoms with Gasteiger partial charge in [0.1, 0.15) is 6.54 Å². The van der Waals surface area contributed by atoms with E-state index < -0.39 is 22.5 Å². The Morgan fingerprint density at radius 2 is 1.47 bits per heavy atom. The lowest BCUT2D eigenvalue weighted by Gasteiger charge is -2.26. The number of piperidine rings is 1. The van der Waals surface area contributed by atoms with Gasteiger partial charge in [0.2, 0.25) is 5.91 Å². The molecule has 1 fully saturated rings. The third-order valence-electron chi connectivity index (χ3n) is 6.12. The van der Waals surface area contributed by atoms with Crippen LogP contribution in [0.4, 0.5) is 5.69 Å². The zero-order valence-electron chi connectivity index (χ0n) is 19.9. The highest BCUT2D eigenvalue weighted by atomic mass is 35.5. The van der Waals surface area contributed by atoms with Gasteiger partial charge in [-0.05, 0) is 67.4 Å². The number of rotatable bonds is 9. The van der Waals surface area contributed by atoms with Crippen molar-refractivity contribution in [3.05, 3.63) is 94.0 Å². The summed E-state index contributed by atoms with van der Waals surface area (Å²) in [4.78, 5) is 15.4. The number of carbonyl (C=O) groups is 1. The number of sulfonamides is 1. The van der Waals surface area contributed by atoms with Crippen molar-refractivity contribution in [3.63, 3.8) is 0 Å². The fourth-order valence-electron chi connectivity index (χ4n) is 4.24. The molecule has 1 amide bonds. The first-order chi connectivity index (χ1) is 17.3. The minimum absolute atomic E-state index is 0.0678. The predicted octanol–water partition coefficient (Wildman–Crippen LogP) is 5.49. The van der Waals surface area contributed by atoms with Crippen LogP contribution in [0.1, 0.15) is 30.4 Å². The Bertz CT molecular complexity index is 1260. The number of likely N-dealkylation sites (tertiary alicyclic amines) is 1. The third kappa shape index (κ3) is 7.01. The highest BCUT2D eigenvalue weighted by molar-refractivity contribution is 7.92. The summed E-state index contributed by atoms with van der Waals surface area (Å²) in [7, 11) is -4.03. The van der Waals surface area contributed by atoms with Crippen LogP contribution in [0.15, 0.2) is 77.7 Å². The molecule has 3 aromatic carbocycles. The van der Waals surface area contributed by atoms with E-state index in [1.54, 1.807) is 18.2 Å². The molecule has 0 aromatic heterocycles. The summed E-state index contributed by atoms with van der Waals surface area (Å²) in [6.07, 6.45) is 3.81. The lowest BCUT2D eigenvalue weighted by Crippen LogP contribution is -2.40. The minimum Gasteiger partial charge on any atom is -0.350 e. The van der Waals surface area contributed by atoms with Crippen molar-refractivity contribution in [1.29, 1.82) is 0 Å². The van der Waals surface area contributed by atoms with Gasteiger partial charge in [0, 0.05) is 23.1 Å². The monoisotopic (exact) mass is 545 g/mol. The van der Waals surface area contributed by atoms with Crippen LogP contribution in [0.25, 0.3) is 0 Å². The van der Waals surface area contributed by atoms with Gasteiger partial charge in [-0.1, -0.05) is 72.1 Å². The maximum atomic E-state index is 13.4. The van der Waals surface area contributed by atoms with E-state index in [1.807, 2.05) is 12.1 Å². The van der Waals surface area contributed by atoms with Crippen LogP contribution in [0.2, 0.25) is 10.0 Å². The van der Waals surface area contributed by atoms with Gasteiger partial charge in [-0.2, -0.15) is 0 Å². The van der Waals surface area contributed by atoms with Gasteiger partial charge in [-0.25, -0.2) is 8.42 Å². The molecule has 1 aliphatic heterocycles. The third-order valence-corrected chi connectivity index (χ3v) is 8.35. The molecule has 36 heavy (non-hydrogen) atoms. The van der Waals surface area contributed by atoms with Crippen molar-refractivity contribution >= 4 is 44.8 Å². The van der Waals surface area contributed by atoms with Gasteiger partial charge in [-0.3, -0.25) is 14.0 Å². The first-order valence-electron chi connectivity index (χ1n) is 11.9. The molecule has 1 N–H and O–H groups in total. The van der Waals surface area contributed by atoms with E-state index in [2.05, 4.69) is 22.3 Å². The number of anilines is 1. The van der Waals surface area contributed by atoms with Gasteiger partial charge >= 0.3 is 0 Å². The van der Waals surface area contributed by atoms with Crippen LogP contribution in [-0.4, -0.2) is 38.9 Å². The van der Waals surface area contributed by atoms with E-state index in [1.165, 1.54) is 55.2 Å². The minimum atomic E-state index is -4.03. The number of carbonyl (C=O) groups excluding carboxylic acids is 1. The zero-order valence-corrected chi connectivity index (χ0v) is 22.2. The van der Waals surface area contributed by atoms with E-state index >= 15 is 0 Å². The quantitative estimate of drug-likeness (QED) is 0.386. The Balaban J connectivity index is 1.44. The van der Waals surface area contributed by atoms with Crippen molar-refractivity contribution in [2.45, 2.75) is 37.2 Å². The zero-order chi connectivity index (χ0) is 25.5. The molecular weight excluding hydrogens is 517 g/mol. The first kappa shape index (κ1) is 26.5. The van der Waals surface area contributed by atoms with Gasteiger partial charge in [0.15, 0.2) is 0 Å². The molecule has 0 atom stereocenters. The van der Waals surface area contributed by atoms with Gasteiger partial charge in [0.05, 0.1) is 10.6 Å². The molecule has 0 saturated carbocycles. The van der Waals surface area contributed by atoms with Crippen LogP contribution < -0.4 is 9.62 Å². The maximum absolute atomic E-state index is 13.4. The van der Waals surface area contributed by atoms with E-state index in [0.717, 1.165) is 29.5 Å². The van der Waals surface area contributed by atoms with Crippen LogP contribution in [0.3, 0.4) is 0 Å². The molecule has 4 rings (SSSR count). The molecule has 1 heterocycles. The SMILES string of the molecule is O=C(CN(c1cc(Cl)cc(Cl)c1)S(=O)(=O)c1ccccc1)NCc1ccc(CN2CCCCC2)cc1. The molecular formula is C27H29Cl2N3O3S. The van der Waals surface area contributed by atoms with Crippen LogP contribution >= 0.6 is 23.2 Å². The van der Waals surface area contributed by atoms with Crippen molar-refractivity contribution in [1.82, 2.24) is 10.2 Å². The van der Waals surface area contributed by atoms with Crippen molar-refractivity contribution in [3.8, 4) is 0 Å². The van der Waals surface area contributed by atoms with E-state index in [4.69, 9.17) is 23.2 Å². The van der Waals surface area contributed by atoms with Gasteiger partial charge < -0.3 is 5.32 Å². The van der Waals surface area contributed by atoms with Crippen LogP contribution in [0.5, 0.6) is 0 Å². The van der Waals surface area contributed by atoms with Crippen LogP contribution in [0, 0.1) is 0 Å². The second kappa shape index (κ2) is 12.1. The molecule has 9 heteroatoms. The Morgan fingerprint density at radius 1 is 0.861 bits per heavy atom. The van der Waals surface area contributed by atoms with E-state index in [9.17, 15) is 13.2 Å². The van der Waals surface area contributed by atoms with Crippen molar-refractivity contribution in [2.75, 3.05) is 23.9 Å². The fraction of sp³-hybridized carbons (Fsp3) is 0.296. The summed E-state index contributed by atoms with van der Waals surface area (Å²) < 4.78 is 27.9. The molecule has 0 radical (unpaired) electrons. The Labute approximate surface area is 222 Å².